The molecule has 18 heavy (non-hydrogen) atoms. The molecule has 0 spiro atoms. The SMILES string of the molecule is O=C(Cc1cccc(O)c1)NCC[C@@H]1CCCN1. The summed E-state index contributed by atoms with van der Waals surface area (Å²) in [6, 6.07) is 7.38. The molecule has 0 unspecified atom stereocenters. The van der Waals surface area contributed by atoms with Gasteiger partial charge in [0.05, 0.1) is 6.42 Å². The molecule has 98 valence electrons. The lowest BCUT2D eigenvalue weighted by atomic mass is 10.1. The Labute approximate surface area is 107 Å². The highest BCUT2D eigenvalue weighted by molar-refractivity contribution is 5.78. The molecular weight excluding hydrogens is 228 g/mol. The Kier molecular flexibility index (Phi) is 4.59. The van der Waals surface area contributed by atoms with Crippen LogP contribution in [0.1, 0.15) is 24.8 Å². The van der Waals surface area contributed by atoms with Crippen LogP contribution in [0.3, 0.4) is 0 Å². The number of carbonyl (C=O) groups excluding carboxylic acids is 1. The van der Waals surface area contributed by atoms with Crippen LogP contribution in [0.25, 0.3) is 0 Å². The van der Waals surface area contributed by atoms with Gasteiger partial charge in [0.2, 0.25) is 5.91 Å². The molecule has 0 radical (unpaired) electrons. The van der Waals surface area contributed by atoms with E-state index in [9.17, 15) is 9.90 Å². The van der Waals surface area contributed by atoms with Crippen molar-refractivity contribution in [1.29, 1.82) is 0 Å². The molecule has 4 nitrogen and oxygen atoms in total. The maximum Gasteiger partial charge on any atom is 0.224 e. The fourth-order valence-electron chi connectivity index (χ4n) is 2.30. The van der Waals surface area contributed by atoms with Crippen molar-refractivity contribution in [3.05, 3.63) is 29.8 Å². The van der Waals surface area contributed by atoms with Crippen molar-refractivity contribution in [2.24, 2.45) is 0 Å². The molecule has 0 aromatic heterocycles. The average molecular weight is 248 g/mol. The Balaban J connectivity index is 1.68. The third-order valence-electron chi connectivity index (χ3n) is 3.25. The number of rotatable bonds is 5. The van der Waals surface area contributed by atoms with E-state index in [1.807, 2.05) is 6.07 Å². The van der Waals surface area contributed by atoms with Crippen molar-refractivity contribution < 1.29 is 9.90 Å². The molecule has 3 N–H and O–H groups in total. The highest BCUT2D eigenvalue weighted by Crippen LogP contribution is 2.11. The highest BCUT2D eigenvalue weighted by atomic mass is 16.3. The minimum Gasteiger partial charge on any atom is -0.508 e. The van der Waals surface area contributed by atoms with Crippen LogP contribution in [-0.2, 0) is 11.2 Å². The molecule has 0 saturated carbocycles. The molecule has 2 rings (SSSR count). The molecule has 1 aliphatic heterocycles. The molecule has 0 aliphatic carbocycles. The summed E-state index contributed by atoms with van der Waals surface area (Å²) in [5, 5.41) is 15.6. The molecule has 1 heterocycles. The van der Waals surface area contributed by atoms with Crippen LogP contribution >= 0.6 is 0 Å². The smallest absolute Gasteiger partial charge is 0.224 e. The lowest BCUT2D eigenvalue weighted by Crippen LogP contribution is -2.31. The second kappa shape index (κ2) is 6.40. The van der Waals surface area contributed by atoms with Gasteiger partial charge in [-0.3, -0.25) is 4.79 Å². The molecular formula is C14H20N2O2. The zero-order chi connectivity index (χ0) is 12.8. The van der Waals surface area contributed by atoms with E-state index in [0.717, 1.165) is 25.1 Å². The number of benzene rings is 1. The van der Waals surface area contributed by atoms with E-state index >= 15 is 0 Å². The number of hydrogen-bond donors (Lipinski definition) is 3. The highest BCUT2D eigenvalue weighted by Gasteiger charge is 2.13. The second-order valence-corrected chi connectivity index (χ2v) is 4.78. The molecule has 1 amide bonds. The van der Waals surface area contributed by atoms with E-state index in [1.54, 1.807) is 18.2 Å². The molecule has 1 fully saturated rings. The van der Waals surface area contributed by atoms with Gasteiger partial charge >= 0.3 is 0 Å². The number of phenolic OH excluding ortho intramolecular Hbond substituents is 1. The number of aromatic hydroxyl groups is 1. The van der Waals surface area contributed by atoms with Crippen LogP contribution in [0, 0.1) is 0 Å². The van der Waals surface area contributed by atoms with E-state index in [-0.39, 0.29) is 11.7 Å². The molecule has 1 aromatic carbocycles. The summed E-state index contributed by atoms with van der Waals surface area (Å²) in [6.45, 7) is 1.82. The lowest BCUT2D eigenvalue weighted by molar-refractivity contribution is -0.120. The number of amides is 1. The van der Waals surface area contributed by atoms with Gasteiger partial charge < -0.3 is 15.7 Å². The van der Waals surface area contributed by atoms with Crippen molar-refractivity contribution in [2.45, 2.75) is 31.7 Å². The summed E-state index contributed by atoms with van der Waals surface area (Å²) in [4.78, 5) is 11.7. The van der Waals surface area contributed by atoms with E-state index in [1.165, 1.54) is 12.8 Å². The number of hydrogen-bond acceptors (Lipinski definition) is 3. The quantitative estimate of drug-likeness (QED) is 0.733. The van der Waals surface area contributed by atoms with Crippen molar-refractivity contribution in [2.75, 3.05) is 13.1 Å². The molecule has 0 bridgehead atoms. The van der Waals surface area contributed by atoms with Crippen molar-refractivity contribution in [3.8, 4) is 5.75 Å². The third kappa shape index (κ3) is 4.04. The minimum absolute atomic E-state index is 0.0126. The van der Waals surface area contributed by atoms with Gasteiger partial charge in [-0.1, -0.05) is 12.1 Å². The van der Waals surface area contributed by atoms with E-state index in [4.69, 9.17) is 0 Å². The van der Waals surface area contributed by atoms with Crippen LogP contribution in [0.4, 0.5) is 0 Å². The zero-order valence-electron chi connectivity index (χ0n) is 10.5. The molecule has 1 aliphatic rings. The topological polar surface area (TPSA) is 61.4 Å². The Morgan fingerprint density at radius 1 is 1.50 bits per heavy atom. The minimum atomic E-state index is 0.0126. The number of nitrogens with one attached hydrogen (secondary N) is 2. The maximum absolute atomic E-state index is 11.7. The van der Waals surface area contributed by atoms with Crippen LogP contribution in [-0.4, -0.2) is 30.1 Å². The normalized spacial score (nSPS) is 18.8. The lowest BCUT2D eigenvalue weighted by Gasteiger charge is -2.10. The average Bonchev–Trinajstić information content (AvgIpc) is 2.82. The molecule has 4 heteroatoms. The van der Waals surface area contributed by atoms with E-state index in [2.05, 4.69) is 10.6 Å². The van der Waals surface area contributed by atoms with Gasteiger partial charge in [-0.25, -0.2) is 0 Å². The van der Waals surface area contributed by atoms with Crippen molar-refractivity contribution >= 4 is 5.91 Å². The monoisotopic (exact) mass is 248 g/mol. The van der Waals surface area contributed by atoms with E-state index in [0.29, 0.717) is 12.5 Å². The summed E-state index contributed by atoms with van der Waals surface area (Å²) in [5.74, 6) is 0.217. The molecule has 1 aromatic rings. The van der Waals surface area contributed by atoms with Gasteiger partial charge in [0, 0.05) is 12.6 Å². The first-order chi connectivity index (χ1) is 8.74. The summed E-state index contributed by atoms with van der Waals surface area (Å²) in [6.07, 6.45) is 3.77. The van der Waals surface area contributed by atoms with Gasteiger partial charge in [0.15, 0.2) is 0 Å². The predicted octanol–water partition coefficient (Wildman–Crippen LogP) is 1.19. The van der Waals surface area contributed by atoms with E-state index < -0.39 is 0 Å². The fourth-order valence-corrected chi connectivity index (χ4v) is 2.30. The maximum atomic E-state index is 11.7. The first-order valence-electron chi connectivity index (χ1n) is 6.52. The Morgan fingerprint density at radius 3 is 3.11 bits per heavy atom. The molecule has 1 saturated heterocycles. The fraction of sp³-hybridized carbons (Fsp3) is 0.500. The van der Waals surface area contributed by atoms with Crippen LogP contribution in [0.15, 0.2) is 24.3 Å². The van der Waals surface area contributed by atoms with Gasteiger partial charge in [-0.15, -0.1) is 0 Å². The first kappa shape index (κ1) is 12.9. The largest absolute Gasteiger partial charge is 0.508 e. The van der Waals surface area contributed by atoms with Crippen LogP contribution < -0.4 is 10.6 Å². The Morgan fingerprint density at radius 2 is 2.39 bits per heavy atom. The summed E-state index contributed by atoms with van der Waals surface area (Å²) in [7, 11) is 0. The second-order valence-electron chi connectivity index (χ2n) is 4.78. The predicted molar refractivity (Wildman–Crippen MR) is 70.5 cm³/mol. The third-order valence-corrected chi connectivity index (χ3v) is 3.25. The summed E-state index contributed by atoms with van der Waals surface area (Å²) in [5.41, 5.74) is 0.839. The van der Waals surface area contributed by atoms with Crippen LogP contribution in [0.2, 0.25) is 0 Å². The van der Waals surface area contributed by atoms with Crippen molar-refractivity contribution in [1.82, 2.24) is 10.6 Å². The molecule has 1 atom stereocenters. The van der Waals surface area contributed by atoms with Gasteiger partial charge in [-0.2, -0.15) is 0 Å². The standard InChI is InChI=1S/C14H20N2O2/c17-13-5-1-3-11(9-13)10-14(18)16-8-6-12-4-2-7-15-12/h1,3,5,9,12,15,17H,2,4,6-8,10H2,(H,16,18)/t12-/m0/s1. The van der Waals surface area contributed by atoms with Gasteiger partial charge in [0.1, 0.15) is 5.75 Å². The Bertz CT molecular complexity index is 401. The first-order valence-corrected chi connectivity index (χ1v) is 6.52. The number of phenols is 1. The van der Waals surface area contributed by atoms with Crippen LogP contribution in [0.5, 0.6) is 5.75 Å². The van der Waals surface area contributed by atoms with Gasteiger partial charge in [0.25, 0.3) is 0 Å². The number of carbonyl (C=O) groups is 1. The summed E-state index contributed by atoms with van der Waals surface area (Å²) >= 11 is 0. The summed E-state index contributed by atoms with van der Waals surface area (Å²) < 4.78 is 0. The van der Waals surface area contributed by atoms with Crippen molar-refractivity contribution in [3.63, 3.8) is 0 Å². The zero-order valence-corrected chi connectivity index (χ0v) is 10.5. The van der Waals surface area contributed by atoms with Gasteiger partial charge in [-0.05, 0) is 43.5 Å². The Hall–Kier alpha value is -1.55.